The van der Waals surface area contributed by atoms with Crippen molar-refractivity contribution in [3.8, 4) is 0 Å². The van der Waals surface area contributed by atoms with E-state index in [1.54, 1.807) is 11.0 Å². The number of hydrogen-bond donors (Lipinski definition) is 0. The van der Waals surface area contributed by atoms with Crippen LogP contribution in [0.5, 0.6) is 0 Å². The van der Waals surface area contributed by atoms with Crippen LogP contribution in [0, 0.1) is 12.4 Å². The number of hydrogen-bond acceptors (Lipinski definition) is 1. The fraction of sp³-hybridized carbons (Fsp3) is 0.222. The second kappa shape index (κ2) is 3.22. The summed E-state index contributed by atoms with van der Waals surface area (Å²) in [5.74, 6) is -0.369. The molecular formula is C9H9FN2. The first-order valence-electron chi connectivity index (χ1n) is 3.49. The maximum atomic E-state index is 12.6. The van der Waals surface area contributed by atoms with Gasteiger partial charge in [0, 0.05) is 19.8 Å². The van der Waals surface area contributed by atoms with Crippen LogP contribution in [0.2, 0.25) is 0 Å². The molecule has 0 saturated carbocycles. The van der Waals surface area contributed by atoms with Crippen molar-refractivity contribution in [3.05, 3.63) is 35.4 Å². The molecule has 62 valence electrons. The molecule has 1 aromatic rings. The Hall–Kier alpha value is -1.56. The average molecular weight is 164 g/mol. The molecule has 0 aromatic heterocycles. The first-order chi connectivity index (χ1) is 5.65. The maximum absolute atomic E-state index is 12.6. The van der Waals surface area contributed by atoms with Gasteiger partial charge >= 0.3 is 0 Å². The Bertz CT molecular complexity index is 326. The molecule has 3 heteroatoms. The van der Waals surface area contributed by atoms with Crippen LogP contribution in [0.1, 0.15) is 0 Å². The van der Waals surface area contributed by atoms with E-state index in [-0.39, 0.29) is 5.82 Å². The van der Waals surface area contributed by atoms with E-state index < -0.39 is 0 Å². The number of halogens is 1. The summed E-state index contributed by atoms with van der Waals surface area (Å²) in [5.41, 5.74) is 1.09. The van der Waals surface area contributed by atoms with E-state index in [1.165, 1.54) is 12.1 Å². The van der Waals surface area contributed by atoms with E-state index >= 15 is 0 Å². The predicted molar refractivity (Wildman–Crippen MR) is 47.0 cm³/mol. The van der Waals surface area contributed by atoms with Crippen LogP contribution in [-0.2, 0) is 0 Å². The van der Waals surface area contributed by atoms with Crippen molar-refractivity contribution in [1.82, 2.24) is 0 Å². The van der Waals surface area contributed by atoms with Crippen LogP contribution >= 0.6 is 0 Å². The Morgan fingerprint density at radius 3 is 2.58 bits per heavy atom. The van der Waals surface area contributed by atoms with Crippen LogP contribution in [0.15, 0.2) is 18.2 Å². The zero-order chi connectivity index (χ0) is 9.14. The van der Waals surface area contributed by atoms with Gasteiger partial charge in [-0.1, -0.05) is 0 Å². The van der Waals surface area contributed by atoms with Crippen LogP contribution in [0.4, 0.5) is 15.8 Å². The molecule has 0 amide bonds. The van der Waals surface area contributed by atoms with Gasteiger partial charge in [-0.15, -0.1) is 0 Å². The fourth-order valence-corrected chi connectivity index (χ4v) is 0.964. The van der Waals surface area contributed by atoms with Crippen LogP contribution in [0.25, 0.3) is 4.85 Å². The fourth-order valence-electron chi connectivity index (χ4n) is 0.964. The SMILES string of the molecule is [C-]#[N+]c1cc(F)ccc1N(C)C. The molecule has 1 aromatic carbocycles. The quantitative estimate of drug-likeness (QED) is 0.578. The molecule has 1 rings (SSSR count). The van der Waals surface area contributed by atoms with Gasteiger partial charge in [-0.25, -0.2) is 9.24 Å². The monoisotopic (exact) mass is 164 g/mol. The van der Waals surface area contributed by atoms with Crippen molar-refractivity contribution >= 4 is 11.4 Å². The lowest BCUT2D eigenvalue weighted by atomic mass is 10.2. The minimum absolute atomic E-state index is 0.347. The van der Waals surface area contributed by atoms with Crippen LogP contribution < -0.4 is 4.90 Å². The Morgan fingerprint density at radius 2 is 2.08 bits per heavy atom. The van der Waals surface area contributed by atoms with Crippen molar-refractivity contribution in [3.63, 3.8) is 0 Å². The largest absolute Gasteiger partial charge is 0.386 e. The molecule has 0 bridgehead atoms. The standard InChI is InChI=1S/C9H9FN2/c1-11-8-6-7(10)4-5-9(8)12(2)3/h4-6H,2-3H3. The van der Waals surface area contributed by atoms with E-state index in [1.807, 2.05) is 14.1 Å². The number of benzene rings is 1. The summed E-state index contributed by atoms with van der Waals surface area (Å²) in [5, 5.41) is 0. The van der Waals surface area contributed by atoms with Gasteiger partial charge in [-0.3, -0.25) is 0 Å². The van der Waals surface area contributed by atoms with Crippen LogP contribution in [-0.4, -0.2) is 14.1 Å². The summed E-state index contributed by atoms with van der Waals surface area (Å²) in [4.78, 5) is 5.01. The molecular weight excluding hydrogens is 155 g/mol. The second-order valence-corrected chi connectivity index (χ2v) is 2.64. The van der Waals surface area contributed by atoms with Crippen LogP contribution in [0.3, 0.4) is 0 Å². The van der Waals surface area contributed by atoms with E-state index in [0.717, 1.165) is 5.69 Å². The van der Waals surface area contributed by atoms with Gasteiger partial charge < -0.3 is 4.90 Å². The summed E-state index contributed by atoms with van der Waals surface area (Å²) in [6.45, 7) is 6.81. The highest BCUT2D eigenvalue weighted by Crippen LogP contribution is 2.27. The molecule has 0 aliphatic carbocycles. The molecule has 12 heavy (non-hydrogen) atoms. The lowest BCUT2D eigenvalue weighted by Gasteiger charge is -2.13. The molecule has 0 radical (unpaired) electrons. The lowest BCUT2D eigenvalue weighted by molar-refractivity contribution is 0.628. The molecule has 0 unspecified atom stereocenters. The molecule has 0 spiro atoms. The van der Waals surface area contributed by atoms with Gasteiger partial charge in [0.25, 0.3) is 0 Å². The van der Waals surface area contributed by atoms with Gasteiger partial charge in [0.1, 0.15) is 5.82 Å². The highest BCUT2D eigenvalue weighted by Gasteiger charge is 2.04. The average Bonchev–Trinajstić information content (AvgIpc) is 2.03. The smallest absolute Gasteiger partial charge is 0.212 e. The minimum Gasteiger partial charge on any atom is -0.386 e. The van der Waals surface area contributed by atoms with Crippen molar-refractivity contribution in [2.24, 2.45) is 0 Å². The Labute approximate surface area is 71.1 Å². The molecule has 0 saturated heterocycles. The van der Waals surface area contributed by atoms with Crippen molar-refractivity contribution in [1.29, 1.82) is 0 Å². The van der Waals surface area contributed by atoms with Gasteiger partial charge in [0.2, 0.25) is 5.69 Å². The molecule has 0 aliphatic rings. The highest BCUT2D eigenvalue weighted by molar-refractivity contribution is 5.70. The predicted octanol–water partition coefficient (Wildman–Crippen LogP) is 2.44. The van der Waals surface area contributed by atoms with E-state index in [4.69, 9.17) is 6.57 Å². The normalized spacial score (nSPS) is 9.17. The topological polar surface area (TPSA) is 7.60 Å². The molecule has 0 aliphatic heterocycles. The van der Waals surface area contributed by atoms with E-state index in [0.29, 0.717) is 5.69 Å². The Kier molecular flexibility index (Phi) is 2.29. The second-order valence-electron chi connectivity index (χ2n) is 2.64. The molecule has 0 heterocycles. The first-order valence-corrected chi connectivity index (χ1v) is 3.49. The summed E-state index contributed by atoms with van der Waals surface area (Å²) >= 11 is 0. The van der Waals surface area contributed by atoms with Crippen molar-refractivity contribution in [2.75, 3.05) is 19.0 Å². The van der Waals surface area contributed by atoms with E-state index in [9.17, 15) is 4.39 Å². The summed E-state index contributed by atoms with van der Waals surface area (Å²) in [7, 11) is 3.64. The number of anilines is 1. The Morgan fingerprint density at radius 1 is 1.42 bits per heavy atom. The lowest BCUT2D eigenvalue weighted by Crippen LogP contribution is -2.08. The first kappa shape index (κ1) is 8.54. The molecule has 0 N–H and O–H groups in total. The van der Waals surface area contributed by atoms with Gasteiger partial charge in [-0.05, 0) is 18.2 Å². The minimum atomic E-state index is -0.369. The summed E-state index contributed by atoms with van der Waals surface area (Å²) in [6.07, 6.45) is 0. The van der Waals surface area contributed by atoms with Crippen molar-refractivity contribution < 1.29 is 4.39 Å². The van der Waals surface area contributed by atoms with Gasteiger partial charge in [-0.2, -0.15) is 0 Å². The maximum Gasteiger partial charge on any atom is 0.212 e. The third-order valence-corrected chi connectivity index (χ3v) is 1.54. The zero-order valence-corrected chi connectivity index (χ0v) is 7.00. The number of rotatable bonds is 1. The third kappa shape index (κ3) is 1.54. The van der Waals surface area contributed by atoms with Crippen molar-refractivity contribution in [2.45, 2.75) is 0 Å². The molecule has 0 atom stereocenters. The summed E-state index contributed by atoms with van der Waals surface area (Å²) in [6, 6.07) is 4.19. The number of nitrogens with zero attached hydrogens (tertiary/aromatic N) is 2. The highest BCUT2D eigenvalue weighted by atomic mass is 19.1. The van der Waals surface area contributed by atoms with E-state index in [2.05, 4.69) is 4.85 Å². The van der Waals surface area contributed by atoms with Gasteiger partial charge in [0.05, 0.1) is 6.57 Å². The molecule has 2 nitrogen and oxygen atoms in total. The summed E-state index contributed by atoms with van der Waals surface area (Å²) < 4.78 is 12.6. The van der Waals surface area contributed by atoms with Gasteiger partial charge in [0.15, 0.2) is 0 Å². The third-order valence-electron chi connectivity index (χ3n) is 1.54. The molecule has 0 fully saturated rings. The Balaban J connectivity index is 3.23. The zero-order valence-electron chi connectivity index (χ0n) is 7.00.